The van der Waals surface area contributed by atoms with Gasteiger partial charge in [-0.2, -0.15) is 4.98 Å². The fourth-order valence-corrected chi connectivity index (χ4v) is 4.91. The van der Waals surface area contributed by atoms with Crippen LogP contribution in [0.3, 0.4) is 0 Å². The molecular weight excluding hydrogens is 386 g/mol. The van der Waals surface area contributed by atoms with E-state index in [2.05, 4.69) is 33.5 Å². The number of rotatable bonds is 5. The fourth-order valence-electron chi connectivity index (χ4n) is 3.92. The van der Waals surface area contributed by atoms with Crippen molar-refractivity contribution in [1.82, 2.24) is 19.5 Å². The van der Waals surface area contributed by atoms with Gasteiger partial charge in [0.05, 0.1) is 42.3 Å². The number of hydrogen-bond donors (Lipinski definition) is 2. The van der Waals surface area contributed by atoms with Crippen molar-refractivity contribution in [2.45, 2.75) is 44.4 Å². The minimum Gasteiger partial charge on any atom is -0.481 e. The van der Waals surface area contributed by atoms with Crippen molar-refractivity contribution < 1.29 is 9.84 Å². The number of ether oxygens (including phenoxy) is 1. The zero-order chi connectivity index (χ0) is 19.8. The molecule has 4 aromatic rings. The molecule has 0 bridgehead atoms. The first-order valence-electron chi connectivity index (χ1n) is 9.89. The van der Waals surface area contributed by atoms with Gasteiger partial charge in [-0.1, -0.05) is 30.2 Å². The van der Waals surface area contributed by atoms with Crippen LogP contribution in [-0.4, -0.2) is 43.9 Å². The summed E-state index contributed by atoms with van der Waals surface area (Å²) in [6.45, 7) is 0.675. The van der Waals surface area contributed by atoms with E-state index < -0.39 is 0 Å². The number of nitrogens with zero attached hydrogens (tertiary/aromatic N) is 4. The smallest absolute Gasteiger partial charge is 0.215 e. The van der Waals surface area contributed by atoms with Crippen LogP contribution in [0.5, 0.6) is 5.88 Å². The van der Waals surface area contributed by atoms with Gasteiger partial charge in [0.1, 0.15) is 5.52 Å². The number of thiazole rings is 1. The Bertz CT molecular complexity index is 1150. The highest BCUT2D eigenvalue weighted by atomic mass is 32.1. The molecule has 150 valence electrons. The number of nitrogens with one attached hydrogen (secondary N) is 1. The highest BCUT2D eigenvalue weighted by Crippen LogP contribution is 2.30. The molecule has 0 aliphatic heterocycles. The Hall–Kier alpha value is -2.71. The molecule has 1 fully saturated rings. The highest BCUT2D eigenvalue weighted by molar-refractivity contribution is 7.22. The molecule has 1 aliphatic rings. The van der Waals surface area contributed by atoms with Crippen LogP contribution in [0, 0.1) is 0 Å². The maximum Gasteiger partial charge on any atom is 0.215 e. The van der Waals surface area contributed by atoms with Gasteiger partial charge in [-0.25, -0.2) is 9.97 Å². The average molecular weight is 410 g/mol. The maximum absolute atomic E-state index is 10.2. The molecule has 0 radical (unpaired) electrons. The van der Waals surface area contributed by atoms with Gasteiger partial charge in [0.25, 0.3) is 0 Å². The highest BCUT2D eigenvalue weighted by Gasteiger charge is 2.23. The number of methoxy groups -OCH3 is 1. The number of anilines is 1. The van der Waals surface area contributed by atoms with Gasteiger partial charge >= 0.3 is 0 Å². The van der Waals surface area contributed by atoms with Gasteiger partial charge < -0.3 is 19.7 Å². The molecule has 1 saturated carbocycles. The van der Waals surface area contributed by atoms with E-state index >= 15 is 0 Å². The van der Waals surface area contributed by atoms with E-state index in [9.17, 15) is 5.11 Å². The number of aromatic nitrogens is 4. The molecule has 5 rings (SSSR count). The van der Waals surface area contributed by atoms with Crippen molar-refractivity contribution in [3.8, 4) is 5.88 Å². The molecule has 8 heteroatoms. The summed E-state index contributed by atoms with van der Waals surface area (Å²) in [5.41, 5.74) is 3.79. The third-order valence-corrected chi connectivity index (χ3v) is 6.44. The van der Waals surface area contributed by atoms with Crippen LogP contribution >= 0.6 is 11.3 Å². The van der Waals surface area contributed by atoms with Gasteiger partial charge in [-0.05, 0) is 36.6 Å². The van der Waals surface area contributed by atoms with Crippen LogP contribution in [0.4, 0.5) is 5.13 Å². The molecule has 7 nitrogen and oxygen atoms in total. The summed E-state index contributed by atoms with van der Waals surface area (Å²) in [5.74, 6) is 0.581. The van der Waals surface area contributed by atoms with Crippen LogP contribution in [0.25, 0.3) is 21.4 Å². The Labute approximate surface area is 172 Å². The molecular formula is C21H23N5O2S. The first-order valence-corrected chi connectivity index (χ1v) is 10.7. The minimum absolute atomic E-state index is 0.0992. The molecule has 0 amide bonds. The lowest BCUT2D eigenvalue weighted by molar-refractivity contribution is 0.116. The standard InChI is InChI=1S/C21H23N5O2S/c1-28-19-9-8-16-20(25-19)26(12-22-16)11-13-6-7-15-18(10-13)29-21(24-15)23-14-4-2-3-5-17(14)27/h6-10,12,14,17,27H,2-5,11H2,1H3,(H,23,24)/t14-,17+/m1/s1. The fraction of sp³-hybridized carbons (Fsp3) is 0.381. The molecule has 2 atom stereocenters. The van der Waals surface area contributed by atoms with Crippen LogP contribution in [0.15, 0.2) is 36.7 Å². The largest absolute Gasteiger partial charge is 0.481 e. The first-order chi connectivity index (χ1) is 14.2. The van der Waals surface area contributed by atoms with Crippen LogP contribution in [0.2, 0.25) is 0 Å². The number of aliphatic hydroxyl groups excluding tert-OH is 1. The lowest BCUT2D eigenvalue weighted by atomic mass is 9.93. The average Bonchev–Trinajstić information content (AvgIpc) is 3.32. The summed E-state index contributed by atoms with van der Waals surface area (Å²) in [7, 11) is 1.62. The Morgan fingerprint density at radius 2 is 2.03 bits per heavy atom. The second kappa shape index (κ2) is 7.61. The summed E-state index contributed by atoms with van der Waals surface area (Å²) in [4.78, 5) is 13.7. The summed E-state index contributed by atoms with van der Waals surface area (Å²) < 4.78 is 8.40. The van der Waals surface area contributed by atoms with E-state index in [1.807, 2.05) is 23.0 Å². The van der Waals surface area contributed by atoms with E-state index in [1.165, 1.54) is 0 Å². The van der Waals surface area contributed by atoms with E-state index in [1.54, 1.807) is 18.4 Å². The first kappa shape index (κ1) is 18.3. The molecule has 3 aromatic heterocycles. The minimum atomic E-state index is -0.287. The number of pyridine rings is 1. The van der Waals surface area contributed by atoms with Gasteiger partial charge in [-0.3, -0.25) is 0 Å². The van der Waals surface area contributed by atoms with E-state index in [0.29, 0.717) is 12.4 Å². The number of hydrogen-bond acceptors (Lipinski definition) is 7. The molecule has 2 N–H and O–H groups in total. The molecule has 0 spiro atoms. The molecule has 1 aliphatic carbocycles. The number of imidazole rings is 1. The summed E-state index contributed by atoms with van der Waals surface area (Å²) in [6.07, 6.45) is 5.64. The third-order valence-electron chi connectivity index (χ3n) is 5.49. The predicted molar refractivity (Wildman–Crippen MR) is 115 cm³/mol. The Kier molecular flexibility index (Phi) is 4.81. The SMILES string of the molecule is COc1ccc2ncn(Cc3ccc4nc(N[C@@H]5CCCC[C@@H]5O)sc4c3)c2n1. The van der Waals surface area contributed by atoms with E-state index in [0.717, 1.165) is 57.8 Å². The van der Waals surface area contributed by atoms with Crippen molar-refractivity contribution in [1.29, 1.82) is 0 Å². The lowest BCUT2D eigenvalue weighted by Crippen LogP contribution is -2.36. The maximum atomic E-state index is 10.2. The monoisotopic (exact) mass is 409 g/mol. The van der Waals surface area contributed by atoms with Crippen molar-refractivity contribution in [3.63, 3.8) is 0 Å². The van der Waals surface area contributed by atoms with Gasteiger partial charge in [0.15, 0.2) is 10.8 Å². The van der Waals surface area contributed by atoms with Crippen LogP contribution in [0.1, 0.15) is 31.2 Å². The van der Waals surface area contributed by atoms with Crippen LogP contribution in [-0.2, 0) is 6.54 Å². The Morgan fingerprint density at radius 1 is 1.17 bits per heavy atom. The molecule has 0 unspecified atom stereocenters. The van der Waals surface area contributed by atoms with E-state index in [-0.39, 0.29) is 12.1 Å². The van der Waals surface area contributed by atoms with Crippen molar-refractivity contribution >= 4 is 37.8 Å². The Morgan fingerprint density at radius 3 is 2.90 bits per heavy atom. The van der Waals surface area contributed by atoms with Gasteiger partial charge in [-0.15, -0.1) is 0 Å². The summed E-state index contributed by atoms with van der Waals surface area (Å²) >= 11 is 1.64. The second-order valence-corrected chi connectivity index (χ2v) is 8.52. The zero-order valence-corrected chi connectivity index (χ0v) is 17.0. The number of benzene rings is 1. The molecule has 29 heavy (non-hydrogen) atoms. The molecule has 1 aromatic carbocycles. The molecule has 0 saturated heterocycles. The summed E-state index contributed by atoms with van der Waals surface area (Å²) in [6, 6.07) is 10.1. The van der Waals surface area contributed by atoms with Crippen molar-refractivity contribution in [2.75, 3.05) is 12.4 Å². The third kappa shape index (κ3) is 3.65. The van der Waals surface area contributed by atoms with Crippen LogP contribution < -0.4 is 10.1 Å². The van der Waals surface area contributed by atoms with Gasteiger partial charge in [0.2, 0.25) is 5.88 Å². The molecule has 3 heterocycles. The van der Waals surface area contributed by atoms with Crippen molar-refractivity contribution in [2.24, 2.45) is 0 Å². The van der Waals surface area contributed by atoms with Crippen molar-refractivity contribution in [3.05, 3.63) is 42.2 Å². The van der Waals surface area contributed by atoms with E-state index in [4.69, 9.17) is 9.72 Å². The lowest BCUT2D eigenvalue weighted by Gasteiger charge is -2.27. The zero-order valence-electron chi connectivity index (χ0n) is 16.2. The quantitative estimate of drug-likeness (QED) is 0.521. The summed E-state index contributed by atoms with van der Waals surface area (Å²) in [5, 5.41) is 14.5. The second-order valence-electron chi connectivity index (χ2n) is 7.49. The topological polar surface area (TPSA) is 85.1 Å². The predicted octanol–water partition coefficient (Wildman–Crippen LogP) is 3.81. The van der Waals surface area contributed by atoms with Gasteiger partial charge in [0, 0.05) is 6.07 Å². The normalized spacial score (nSPS) is 19.7. The number of aliphatic hydroxyl groups is 1. The Balaban J connectivity index is 1.39. The number of fused-ring (bicyclic) bond motifs is 2.